The summed E-state index contributed by atoms with van der Waals surface area (Å²) < 4.78 is 0. The number of anilines is 1. The third-order valence-electron chi connectivity index (χ3n) is 4.23. The maximum Gasteiger partial charge on any atom is 0.238 e. The van der Waals surface area contributed by atoms with Crippen molar-refractivity contribution in [1.82, 2.24) is 5.32 Å². The lowest BCUT2D eigenvalue weighted by molar-refractivity contribution is -0.124. The number of fused-ring (bicyclic) bond motifs is 1. The van der Waals surface area contributed by atoms with Crippen LogP contribution in [0.5, 0.6) is 0 Å². The van der Waals surface area contributed by atoms with Crippen molar-refractivity contribution in [2.75, 3.05) is 11.9 Å². The molecule has 0 saturated heterocycles. The standard InChI is InChI=1S/C18H22N2O2S/c21-17(19-11-10-13-6-2-1-3-7-13)12-16-18(22)20-14-8-4-5-9-15(14)23-16/h4-6,8-9,16H,1-3,7,10-12H2,(H,19,21)(H,20,22). The summed E-state index contributed by atoms with van der Waals surface area (Å²) in [4.78, 5) is 25.2. The number of amides is 2. The van der Waals surface area contributed by atoms with E-state index in [0.717, 1.165) is 23.4 Å². The van der Waals surface area contributed by atoms with Gasteiger partial charge in [0.25, 0.3) is 0 Å². The van der Waals surface area contributed by atoms with Crippen molar-refractivity contribution in [3.8, 4) is 0 Å². The number of nitrogens with one attached hydrogen (secondary N) is 2. The van der Waals surface area contributed by atoms with Crippen LogP contribution in [0.25, 0.3) is 0 Å². The molecule has 0 aromatic heterocycles. The fourth-order valence-electron chi connectivity index (χ4n) is 2.96. The Kier molecular flexibility index (Phi) is 5.39. The summed E-state index contributed by atoms with van der Waals surface area (Å²) >= 11 is 1.47. The van der Waals surface area contributed by atoms with Crippen LogP contribution in [0.3, 0.4) is 0 Å². The highest BCUT2D eigenvalue weighted by Gasteiger charge is 2.28. The molecule has 0 bridgehead atoms. The number of carbonyl (C=O) groups excluding carboxylic acids is 2. The third-order valence-corrected chi connectivity index (χ3v) is 5.51. The van der Waals surface area contributed by atoms with E-state index in [2.05, 4.69) is 16.7 Å². The van der Waals surface area contributed by atoms with Gasteiger partial charge in [0.2, 0.25) is 11.8 Å². The Morgan fingerprint density at radius 1 is 1.30 bits per heavy atom. The molecule has 0 fully saturated rings. The lowest BCUT2D eigenvalue weighted by Gasteiger charge is -2.23. The molecule has 5 heteroatoms. The third kappa shape index (κ3) is 4.38. The molecule has 0 spiro atoms. The predicted octanol–water partition coefficient (Wildman–Crippen LogP) is 3.50. The SMILES string of the molecule is O=C(CC1Sc2ccccc2NC1=O)NCCC1=CCCCC1. The second-order valence-corrected chi connectivity index (χ2v) is 7.25. The maximum absolute atomic E-state index is 12.1. The molecule has 1 aromatic rings. The van der Waals surface area contributed by atoms with E-state index in [1.54, 1.807) is 0 Å². The normalized spacial score (nSPS) is 20.3. The van der Waals surface area contributed by atoms with Crippen molar-refractivity contribution in [1.29, 1.82) is 0 Å². The first-order valence-electron chi connectivity index (χ1n) is 8.23. The van der Waals surface area contributed by atoms with Crippen LogP contribution in [-0.4, -0.2) is 23.6 Å². The Morgan fingerprint density at radius 3 is 3.00 bits per heavy atom. The first-order valence-corrected chi connectivity index (χ1v) is 9.11. The van der Waals surface area contributed by atoms with Crippen LogP contribution < -0.4 is 10.6 Å². The van der Waals surface area contributed by atoms with Gasteiger partial charge < -0.3 is 10.6 Å². The van der Waals surface area contributed by atoms with Crippen molar-refractivity contribution >= 4 is 29.3 Å². The fraction of sp³-hybridized carbons (Fsp3) is 0.444. The van der Waals surface area contributed by atoms with E-state index in [1.807, 2.05) is 24.3 Å². The monoisotopic (exact) mass is 330 g/mol. The molecule has 1 heterocycles. The topological polar surface area (TPSA) is 58.2 Å². The summed E-state index contributed by atoms with van der Waals surface area (Å²) in [5, 5.41) is 5.47. The lowest BCUT2D eigenvalue weighted by Crippen LogP contribution is -2.35. The highest BCUT2D eigenvalue weighted by molar-refractivity contribution is 8.01. The van der Waals surface area contributed by atoms with Crippen LogP contribution in [0.4, 0.5) is 5.69 Å². The van der Waals surface area contributed by atoms with E-state index in [0.29, 0.717) is 6.54 Å². The van der Waals surface area contributed by atoms with Gasteiger partial charge in [-0.3, -0.25) is 9.59 Å². The van der Waals surface area contributed by atoms with Gasteiger partial charge in [-0.25, -0.2) is 0 Å². The molecule has 2 amide bonds. The van der Waals surface area contributed by atoms with Gasteiger partial charge in [-0.2, -0.15) is 0 Å². The molecule has 1 unspecified atom stereocenters. The molecule has 0 radical (unpaired) electrons. The lowest BCUT2D eigenvalue weighted by atomic mass is 9.97. The number of para-hydroxylation sites is 1. The van der Waals surface area contributed by atoms with E-state index in [4.69, 9.17) is 0 Å². The molecule has 1 aromatic carbocycles. The first-order chi connectivity index (χ1) is 11.2. The number of carbonyl (C=O) groups is 2. The second-order valence-electron chi connectivity index (χ2n) is 6.00. The Hall–Kier alpha value is -1.75. The van der Waals surface area contributed by atoms with E-state index >= 15 is 0 Å². The molecular weight excluding hydrogens is 308 g/mol. The van der Waals surface area contributed by atoms with Gasteiger partial charge in [0.05, 0.1) is 10.9 Å². The average molecular weight is 330 g/mol. The Balaban J connectivity index is 1.46. The van der Waals surface area contributed by atoms with Crippen LogP contribution in [0.2, 0.25) is 0 Å². The number of hydrogen-bond donors (Lipinski definition) is 2. The molecule has 0 saturated carbocycles. The minimum absolute atomic E-state index is 0.0477. The fourth-order valence-corrected chi connectivity index (χ4v) is 4.07. The van der Waals surface area contributed by atoms with Crippen molar-refractivity contribution in [2.45, 2.75) is 48.7 Å². The molecule has 1 aliphatic heterocycles. The van der Waals surface area contributed by atoms with Gasteiger partial charge >= 0.3 is 0 Å². The zero-order valence-corrected chi connectivity index (χ0v) is 14.0. The van der Waals surface area contributed by atoms with Crippen LogP contribution in [0, 0.1) is 0 Å². The molecule has 1 aliphatic carbocycles. The Bertz CT molecular complexity index is 627. The van der Waals surface area contributed by atoms with E-state index in [1.165, 1.54) is 36.6 Å². The van der Waals surface area contributed by atoms with Gasteiger partial charge in [-0.1, -0.05) is 23.8 Å². The summed E-state index contributed by atoms with van der Waals surface area (Å²) in [6.07, 6.45) is 8.33. The van der Waals surface area contributed by atoms with Gasteiger partial charge in [0, 0.05) is 17.9 Å². The highest BCUT2D eigenvalue weighted by atomic mass is 32.2. The molecule has 2 N–H and O–H groups in total. The summed E-state index contributed by atoms with van der Waals surface area (Å²) in [7, 11) is 0. The zero-order chi connectivity index (χ0) is 16.1. The molecule has 1 atom stereocenters. The van der Waals surface area contributed by atoms with Gasteiger partial charge in [0.15, 0.2) is 0 Å². The zero-order valence-electron chi connectivity index (χ0n) is 13.1. The smallest absolute Gasteiger partial charge is 0.238 e. The highest BCUT2D eigenvalue weighted by Crippen LogP contribution is 2.36. The Labute approximate surface area is 141 Å². The van der Waals surface area contributed by atoms with Crippen LogP contribution in [0.1, 0.15) is 38.5 Å². The molecule has 122 valence electrons. The minimum atomic E-state index is -0.348. The number of allylic oxidation sites excluding steroid dienone is 1. The molecule has 23 heavy (non-hydrogen) atoms. The number of benzene rings is 1. The summed E-state index contributed by atoms with van der Waals surface area (Å²) in [6, 6.07) is 7.69. The van der Waals surface area contributed by atoms with Gasteiger partial charge in [-0.05, 0) is 44.2 Å². The molecule has 3 rings (SSSR count). The number of thioether (sulfide) groups is 1. The summed E-state index contributed by atoms with van der Waals surface area (Å²) in [5.74, 6) is -0.132. The van der Waals surface area contributed by atoms with Crippen molar-refractivity contribution < 1.29 is 9.59 Å². The van der Waals surface area contributed by atoms with Crippen molar-refractivity contribution in [2.24, 2.45) is 0 Å². The molecular formula is C18H22N2O2S. The van der Waals surface area contributed by atoms with Gasteiger partial charge in [0.1, 0.15) is 0 Å². The van der Waals surface area contributed by atoms with Gasteiger partial charge in [-0.15, -0.1) is 11.8 Å². The van der Waals surface area contributed by atoms with E-state index < -0.39 is 0 Å². The number of rotatable bonds is 5. The second kappa shape index (κ2) is 7.68. The van der Waals surface area contributed by atoms with Crippen molar-refractivity contribution in [3.63, 3.8) is 0 Å². The molecule has 2 aliphatic rings. The average Bonchev–Trinajstić information content (AvgIpc) is 2.56. The van der Waals surface area contributed by atoms with E-state index in [-0.39, 0.29) is 23.5 Å². The summed E-state index contributed by atoms with van der Waals surface area (Å²) in [5.41, 5.74) is 2.29. The van der Waals surface area contributed by atoms with Crippen LogP contribution in [0.15, 0.2) is 40.8 Å². The van der Waals surface area contributed by atoms with Crippen molar-refractivity contribution in [3.05, 3.63) is 35.9 Å². The summed E-state index contributed by atoms with van der Waals surface area (Å²) in [6.45, 7) is 0.667. The Morgan fingerprint density at radius 2 is 2.17 bits per heavy atom. The molecule has 4 nitrogen and oxygen atoms in total. The first kappa shape index (κ1) is 16.1. The maximum atomic E-state index is 12.1. The predicted molar refractivity (Wildman–Crippen MR) is 93.5 cm³/mol. The van der Waals surface area contributed by atoms with Crippen LogP contribution >= 0.6 is 11.8 Å². The largest absolute Gasteiger partial charge is 0.356 e. The quantitative estimate of drug-likeness (QED) is 0.813. The number of hydrogen-bond acceptors (Lipinski definition) is 3. The van der Waals surface area contributed by atoms with Crippen LogP contribution in [-0.2, 0) is 9.59 Å². The minimum Gasteiger partial charge on any atom is -0.356 e. The van der Waals surface area contributed by atoms with E-state index in [9.17, 15) is 9.59 Å².